The SMILES string of the molecule is O=[N+]([O-])c1ncc(Br)cc1-n1cncn1. The number of nitrogens with zero attached hydrogens (tertiary/aromatic N) is 5. The van der Waals surface area contributed by atoms with Crippen molar-refractivity contribution in [1.82, 2.24) is 19.7 Å². The molecule has 0 spiro atoms. The first-order valence-corrected chi connectivity index (χ1v) is 4.62. The van der Waals surface area contributed by atoms with Crippen LogP contribution in [0.4, 0.5) is 5.82 Å². The summed E-state index contributed by atoms with van der Waals surface area (Å²) in [5.41, 5.74) is 0.270. The smallest absolute Gasteiger partial charge is 0.358 e. The maximum Gasteiger partial charge on any atom is 0.389 e. The van der Waals surface area contributed by atoms with Crippen LogP contribution < -0.4 is 0 Å². The van der Waals surface area contributed by atoms with Gasteiger partial charge in [0.15, 0.2) is 11.9 Å². The van der Waals surface area contributed by atoms with Gasteiger partial charge in [-0.05, 0) is 31.9 Å². The zero-order chi connectivity index (χ0) is 10.8. The molecule has 0 fully saturated rings. The summed E-state index contributed by atoms with van der Waals surface area (Å²) < 4.78 is 1.93. The van der Waals surface area contributed by atoms with Gasteiger partial charge in [-0.2, -0.15) is 5.10 Å². The first-order valence-electron chi connectivity index (χ1n) is 3.83. The van der Waals surface area contributed by atoms with E-state index in [2.05, 4.69) is 31.0 Å². The Bertz CT molecular complexity index is 498. The highest BCUT2D eigenvalue weighted by molar-refractivity contribution is 9.10. The molecule has 15 heavy (non-hydrogen) atoms. The molecule has 0 saturated carbocycles. The van der Waals surface area contributed by atoms with Gasteiger partial charge in [-0.3, -0.25) is 0 Å². The number of nitro groups is 1. The number of pyridine rings is 1. The molecule has 2 aromatic rings. The van der Waals surface area contributed by atoms with Gasteiger partial charge >= 0.3 is 5.82 Å². The quantitative estimate of drug-likeness (QED) is 0.606. The Morgan fingerprint density at radius 1 is 1.53 bits per heavy atom. The second kappa shape index (κ2) is 3.73. The predicted octanol–water partition coefficient (Wildman–Crippen LogP) is 1.33. The van der Waals surface area contributed by atoms with Crippen molar-refractivity contribution in [3.05, 3.63) is 39.5 Å². The Labute approximate surface area is 92.1 Å². The molecule has 8 heteroatoms. The second-order valence-corrected chi connectivity index (χ2v) is 3.51. The Kier molecular flexibility index (Phi) is 2.42. The lowest BCUT2D eigenvalue weighted by atomic mass is 10.4. The largest absolute Gasteiger partial charge is 0.389 e. The van der Waals surface area contributed by atoms with Crippen LogP contribution in [0.5, 0.6) is 0 Å². The van der Waals surface area contributed by atoms with E-state index in [9.17, 15) is 10.1 Å². The molecule has 2 aromatic heterocycles. The highest BCUT2D eigenvalue weighted by Gasteiger charge is 2.17. The van der Waals surface area contributed by atoms with E-state index in [0.29, 0.717) is 4.47 Å². The summed E-state index contributed by atoms with van der Waals surface area (Å²) >= 11 is 3.18. The van der Waals surface area contributed by atoms with E-state index in [1.54, 1.807) is 6.07 Å². The van der Waals surface area contributed by atoms with Crippen molar-refractivity contribution >= 4 is 21.7 Å². The summed E-state index contributed by atoms with van der Waals surface area (Å²) in [6, 6.07) is 1.56. The van der Waals surface area contributed by atoms with Gasteiger partial charge in [0.25, 0.3) is 0 Å². The lowest BCUT2D eigenvalue weighted by Crippen LogP contribution is -2.02. The highest BCUT2D eigenvalue weighted by Crippen LogP contribution is 2.22. The molecular weight excluding hydrogens is 266 g/mol. The molecule has 2 rings (SSSR count). The molecule has 0 aliphatic carbocycles. The fourth-order valence-electron chi connectivity index (χ4n) is 1.06. The number of hydrogen-bond donors (Lipinski definition) is 0. The Hall–Kier alpha value is -1.83. The summed E-state index contributed by atoms with van der Waals surface area (Å²) in [6.07, 6.45) is 4.03. The Morgan fingerprint density at radius 3 is 2.93 bits per heavy atom. The van der Waals surface area contributed by atoms with Crippen molar-refractivity contribution in [2.45, 2.75) is 0 Å². The number of rotatable bonds is 2. The average molecular weight is 270 g/mol. The van der Waals surface area contributed by atoms with Crippen LogP contribution in [0.25, 0.3) is 5.69 Å². The third-order valence-corrected chi connectivity index (χ3v) is 2.09. The molecule has 2 heterocycles. The molecule has 0 bridgehead atoms. The summed E-state index contributed by atoms with van der Waals surface area (Å²) in [6.45, 7) is 0. The van der Waals surface area contributed by atoms with Crippen molar-refractivity contribution in [2.24, 2.45) is 0 Å². The molecule has 0 atom stereocenters. The van der Waals surface area contributed by atoms with Crippen LogP contribution in [0.3, 0.4) is 0 Å². The molecule has 0 aliphatic rings. The Morgan fingerprint density at radius 2 is 2.33 bits per heavy atom. The van der Waals surface area contributed by atoms with E-state index in [4.69, 9.17) is 0 Å². The first kappa shape index (κ1) is 9.71. The third-order valence-electron chi connectivity index (χ3n) is 1.65. The minimum absolute atomic E-state index is 0.260. The third kappa shape index (κ3) is 1.84. The van der Waals surface area contributed by atoms with Gasteiger partial charge in [0.2, 0.25) is 0 Å². The van der Waals surface area contributed by atoms with E-state index < -0.39 is 4.92 Å². The maximum atomic E-state index is 10.7. The minimum atomic E-state index is -0.566. The molecule has 0 N–H and O–H groups in total. The molecule has 7 nitrogen and oxygen atoms in total. The molecule has 0 aliphatic heterocycles. The molecule has 0 saturated heterocycles. The topological polar surface area (TPSA) is 86.7 Å². The molecule has 0 aromatic carbocycles. The van der Waals surface area contributed by atoms with Crippen LogP contribution in [0.2, 0.25) is 0 Å². The summed E-state index contributed by atoms with van der Waals surface area (Å²) in [5.74, 6) is -0.260. The van der Waals surface area contributed by atoms with Gasteiger partial charge in [-0.25, -0.2) is 9.67 Å². The van der Waals surface area contributed by atoms with Crippen LogP contribution in [0.1, 0.15) is 0 Å². The molecular formula is C7H4BrN5O2. The normalized spacial score (nSPS) is 10.2. The zero-order valence-electron chi connectivity index (χ0n) is 7.24. The average Bonchev–Trinajstić information content (AvgIpc) is 2.69. The molecule has 76 valence electrons. The van der Waals surface area contributed by atoms with Gasteiger partial charge in [0, 0.05) is 0 Å². The van der Waals surface area contributed by atoms with Crippen molar-refractivity contribution in [3.8, 4) is 5.69 Å². The minimum Gasteiger partial charge on any atom is -0.358 e. The van der Waals surface area contributed by atoms with Gasteiger partial charge < -0.3 is 10.1 Å². The highest BCUT2D eigenvalue weighted by atomic mass is 79.9. The second-order valence-electron chi connectivity index (χ2n) is 2.59. The Balaban J connectivity index is 2.63. The fourth-order valence-corrected chi connectivity index (χ4v) is 1.38. The monoisotopic (exact) mass is 269 g/mol. The van der Waals surface area contributed by atoms with Crippen molar-refractivity contribution in [1.29, 1.82) is 0 Å². The molecule has 0 radical (unpaired) electrons. The van der Waals surface area contributed by atoms with E-state index >= 15 is 0 Å². The number of hydrogen-bond acceptors (Lipinski definition) is 5. The van der Waals surface area contributed by atoms with Crippen LogP contribution in [0.15, 0.2) is 29.4 Å². The maximum absolute atomic E-state index is 10.7. The first-order chi connectivity index (χ1) is 7.18. The fraction of sp³-hybridized carbons (Fsp3) is 0. The summed E-state index contributed by atoms with van der Waals surface area (Å²) in [4.78, 5) is 17.5. The molecule has 0 amide bonds. The van der Waals surface area contributed by atoms with E-state index in [-0.39, 0.29) is 11.5 Å². The number of halogens is 1. The van der Waals surface area contributed by atoms with Crippen LogP contribution in [0, 0.1) is 10.1 Å². The van der Waals surface area contributed by atoms with Crippen molar-refractivity contribution in [2.75, 3.05) is 0 Å². The van der Waals surface area contributed by atoms with Crippen LogP contribution >= 0.6 is 15.9 Å². The van der Waals surface area contributed by atoms with Gasteiger partial charge in [0.05, 0.1) is 4.47 Å². The van der Waals surface area contributed by atoms with Crippen molar-refractivity contribution in [3.63, 3.8) is 0 Å². The standard InChI is InChI=1S/C7H4BrN5O2/c8-5-1-6(12-4-9-3-11-12)7(10-2-5)13(14)15/h1-4H. The van der Waals surface area contributed by atoms with E-state index in [0.717, 1.165) is 0 Å². The summed E-state index contributed by atoms with van der Waals surface area (Å²) in [5, 5.41) is 14.5. The van der Waals surface area contributed by atoms with Gasteiger partial charge in [-0.1, -0.05) is 0 Å². The van der Waals surface area contributed by atoms with Crippen LogP contribution in [-0.4, -0.2) is 24.7 Å². The lowest BCUT2D eigenvalue weighted by Gasteiger charge is -2.01. The van der Waals surface area contributed by atoms with Crippen molar-refractivity contribution < 1.29 is 4.92 Å². The van der Waals surface area contributed by atoms with E-state index in [1.807, 2.05) is 0 Å². The summed E-state index contributed by atoms with van der Waals surface area (Å²) in [7, 11) is 0. The lowest BCUT2D eigenvalue weighted by molar-refractivity contribution is -0.389. The van der Waals surface area contributed by atoms with E-state index in [1.165, 1.54) is 23.5 Å². The van der Waals surface area contributed by atoms with Crippen LogP contribution in [-0.2, 0) is 0 Å². The molecule has 0 unspecified atom stereocenters. The predicted molar refractivity (Wildman–Crippen MR) is 53.5 cm³/mol. The van der Waals surface area contributed by atoms with Gasteiger partial charge in [0.1, 0.15) is 12.7 Å². The number of aromatic nitrogens is 4. The van der Waals surface area contributed by atoms with Gasteiger partial charge in [-0.15, -0.1) is 0 Å². The zero-order valence-corrected chi connectivity index (χ0v) is 8.83.